The molecule has 0 aliphatic heterocycles. The molecule has 0 amide bonds. The molecule has 12 nitrogen and oxygen atoms in total. The molecule has 0 fully saturated rings. The molecule has 16 N–H and O–H groups in total. The predicted molar refractivity (Wildman–Crippen MR) is 44.9 cm³/mol. The Morgan fingerprint density at radius 3 is 0.500 bits per heavy atom. The van der Waals surface area contributed by atoms with E-state index in [1.54, 1.807) is 0 Å². The van der Waals surface area contributed by atoms with Gasteiger partial charge in [-0.05, 0) is 0 Å². The highest BCUT2D eigenvalue weighted by Crippen LogP contribution is 1.58. The summed E-state index contributed by atoms with van der Waals surface area (Å²) >= 11 is 0. The van der Waals surface area contributed by atoms with E-state index in [2.05, 4.69) is 0 Å². The Balaban J connectivity index is -0.0000000178. The van der Waals surface area contributed by atoms with Gasteiger partial charge >= 0.3 is 0 Å². The van der Waals surface area contributed by atoms with Crippen LogP contribution in [0.1, 0.15) is 0 Å². The quantitative estimate of drug-likeness (QED) is 0.304. The van der Waals surface area contributed by atoms with Gasteiger partial charge in [-0.25, -0.2) is 0 Å². The van der Waals surface area contributed by atoms with Crippen molar-refractivity contribution < 1.29 is 35.0 Å². The van der Waals surface area contributed by atoms with Gasteiger partial charge in [0.25, 0.3) is 0 Å². The van der Waals surface area contributed by atoms with Crippen LogP contribution in [0, 0.1) is 0 Å². The van der Waals surface area contributed by atoms with Crippen molar-refractivity contribution >= 4 is 20.8 Å². The third-order valence-electron chi connectivity index (χ3n) is 0. The van der Waals surface area contributed by atoms with Crippen molar-refractivity contribution in [1.82, 2.24) is 24.6 Å². The molecule has 0 atom stereocenters. The van der Waals surface area contributed by atoms with E-state index in [1.165, 1.54) is 0 Å². The monoisotopic (exact) mass is 264 g/mol. The Morgan fingerprint density at radius 1 is 0.500 bits per heavy atom. The molecule has 0 saturated heterocycles. The average Bonchev–Trinajstić information content (AvgIpc) is 1.12. The zero-order valence-corrected chi connectivity index (χ0v) is 9.72. The summed E-state index contributed by atoms with van der Waals surface area (Å²) in [6.07, 6.45) is 0. The molecule has 0 spiro atoms. The summed E-state index contributed by atoms with van der Waals surface area (Å²) in [6.45, 7) is 0. The smallest absolute Gasteiger partial charge is 0.0311 e. The summed E-state index contributed by atoms with van der Waals surface area (Å²) in [7, 11) is -10.3. The number of hydrogen-bond donors (Lipinski definition) is 4. The van der Waals surface area contributed by atoms with Crippen LogP contribution < -0.4 is 24.6 Å². The van der Waals surface area contributed by atoms with Crippen molar-refractivity contribution in [2.45, 2.75) is 0 Å². The fraction of sp³-hybridized carbons (Fsp3) is 0. The molecule has 0 heterocycles. The largest absolute Gasteiger partial charge is 0.759 e. The van der Waals surface area contributed by atoms with Crippen LogP contribution in [-0.2, 0) is 20.8 Å². The van der Waals surface area contributed by atoms with Gasteiger partial charge in [-0.2, -0.15) is 0 Å². The molecule has 0 aromatic carbocycles. The molecule has 0 rings (SSSR count). The van der Waals surface area contributed by atoms with Gasteiger partial charge in [0.1, 0.15) is 0 Å². The molecule has 14 heteroatoms. The second kappa shape index (κ2) is 12.6. The van der Waals surface area contributed by atoms with Gasteiger partial charge in [-0.1, -0.05) is 0 Å². The van der Waals surface area contributed by atoms with E-state index in [0.717, 1.165) is 0 Å². The molecule has 0 aliphatic rings. The Kier molecular flexibility index (Phi) is 33.6. The van der Waals surface area contributed by atoms with E-state index in [9.17, 15) is 0 Å². The lowest BCUT2D eigenvalue weighted by molar-refractivity contribution is 0.350. The molecule has 0 bridgehead atoms. The lowest BCUT2D eigenvalue weighted by atomic mass is 14.0. The van der Waals surface area contributed by atoms with E-state index >= 15 is 0 Å². The highest BCUT2D eigenvalue weighted by Gasteiger charge is 1.50. The van der Waals surface area contributed by atoms with Crippen molar-refractivity contribution in [2.75, 3.05) is 0 Å². The van der Waals surface area contributed by atoms with Crippen molar-refractivity contribution in [1.29, 1.82) is 0 Å². The minimum absolute atomic E-state index is 0. The topological polar surface area (TPSA) is 307 Å². The first kappa shape index (κ1) is 37.4. The van der Waals surface area contributed by atoms with Crippen molar-refractivity contribution in [2.24, 2.45) is 0 Å². The summed E-state index contributed by atoms with van der Waals surface area (Å²) in [5.41, 5.74) is 0. The zero-order chi connectivity index (χ0) is 9.00. The third-order valence-corrected chi connectivity index (χ3v) is 0. The molecule has 0 saturated carbocycles. The standard InChI is InChI=1S/4H3N.2H2O4S/c;;;;2*1-5(2,3)4/h4*1H3;2*(H2,1,2,3,4). The minimum atomic E-state index is -5.17. The average molecular weight is 264 g/mol. The molecule has 0 aromatic heterocycles. The van der Waals surface area contributed by atoms with Crippen LogP contribution in [0.5, 0.6) is 0 Å². The molecule has 0 unspecified atom stereocenters. The van der Waals surface area contributed by atoms with Crippen molar-refractivity contribution in [3.8, 4) is 0 Å². The minimum Gasteiger partial charge on any atom is -0.759 e. The fourth-order valence-corrected chi connectivity index (χ4v) is 0. The summed E-state index contributed by atoms with van der Waals surface area (Å²) in [5, 5.41) is 0. The van der Waals surface area contributed by atoms with E-state index in [4.69, 9.17) is 35.0 Å². The van der Waals surface area contributed by atoms with Gasteiger partial charge < -0.3 is 42.8 Å². The maximum absolute atomic E-state index is 8.52. The highest BCUT2D eigenvalue weighted by atomic mass is 32.3. The first-order valence-electron chi connectivity index (χ1n) is 1.33. The van der Waals surface area contributed by atoms with Gasteiger partial charge in [-0.3, -0.25) is 16.8 Å². The van der Waals surface area contributed by atoms with Crippen LogP contribution in [0.15, 0.2) is 0 Å². The summed E-state index contributed by atoms with van der Waals surface area (Å²) in [4.78, 5) is 0. The third kappa shape index (κ3) is 7350. The predicted octanol–water partition coefficient (Wildman–Crippen LogP) is -1.17. The summed E-state index contributed by atoms with van der Waals surface area (Å²) in [5.74, 6) is 0. The van der Waals surface area contributed by atoms with Crippen LogP contribution in [0.4, 0.5) is 0 Å². The lowest BCUT2D eigenvalue weighted by Crippen LogP contribution is -1.91. The Labute approximate surface area is 81.2 Å². The molecule has 0 radical (unpaired) electrons. The first-order valence-corrected chi connectivity index (χ1v) is 4.00. The maximum atomic E-state index is 8.52. The van der Waals surface area contributed by atoms with Gasteiger partial charge in [0.05, 0.1) is 0 Å². The highest BCUT2D eigenvalue weighted by molar-refractivity contribution is 7.79. The molecule has 96 valence electrons. The van der Waals surface area contributed by atoms with Crippen LogP contribution >= 0.6 is 0 Å². The molecule has 0 aliphatic carbocycles. The van der Waals surface area contributed by atoms with Crippen LogP contribution in [0.2, 0.25) is 0 Å². The molecular weight excluding hydrogens is 248 g/mol. The SMILES string of the molecule is O=S(=O)([O-])[O-].O=S(=O)([O-])[O-].[NH4+].[NH4+].[NH4+].[NH4+]. The first-order chi connectivity index (χ1) is 4.00. The van der Waals surface area contributed by atoms with Gasteiger partial charge in [0, 0.05) is 20.8 Å². The summed E-state index contributed by atoms with van der Waals surface area (Å²) < 4.78 is 68.2. The fourth-order valence-electron chi connectivity index (χ4n) is 0. The molecule has 0 aromatic rings. The Hall–Kier alpha value is -0.420. The maximum Gasteiger partial charge on any atom is 0.0311 e. The van der Waals surface area contributed by atoms with Gasteiger partial charge in [0.2, 0.25) is 0 Å². The van der Waals surface area contributed by atoms with Crippen molar-refractivity contribution in [3.05, 3.63) is 0 Å². The van der Waals surface area contributed by atoms with Gasteiger partial charge in [-0.15, -0.1) is 0 Å². The second-order valence-electron chi connectivity index (χ2n) is 0.816. The number of hydrogen-bond acceptors (Lipinski definition) is 8. The van der Waals surface area contributed by atoms with Gasteiger partial charge in [0.15, 0.2) is 0 Å². The van der Waals surface area contributed by atoms with Crippen LogP contribution in [-0.4, -0.2) is 35.0 Å². The van der Waals surface area contributed by atoms with E-state index in [0.29, 0.717) is 0 Å². The van der Waals surface area contributed by atoms with Crippen molar-refractivity contribution in [3.63, 3.8) is 0 Å². The summed E-state index contributed by atoms with van der Waals surface area (Å²) in [6, 6.07) is 0. The Morgan fingerprint density at radius 2 is 0.500 bits per heavy atom. The van der Waals surface area contributed by atoms with E-state index in [1.807, 2.05) is 0 Å². The zero-order valence-electron chi connectivity index (χ0n) is 8.08. The Bertz CT molecular complexity index is 216. The van der Waals surface area contributed by atoms with E-state index < -0.39 is 20.8 Å². The van der Waals surface area contributed by atoms with Crippen LogP contribution in [0.3, 0.4) is 0 Å². The second-order valence-corrected chi connectivity index (χ2v) is 2.45. The normalized spacial score (nSPS) is 8.29. The lowest BCUT2D eigenvalue weighted by Gasteiger charge is -2.06. The van der Waals surface area contributed by atoms with Crippen LogP contribution in [0.25, 0.3) is 0 Å². The number of quaternary nitrogens is 4. The molecular formula is H16N4O8S2. The number of rotatable bonds is 0. The molecule has 14 heavy (non-hydrogen) atoms. The van der Waals surface area contributed by atoms with E-state index in [-0.39, 0.29) is 24.6 Å².